The van der Waals surface area contributed by atoms with E-state index >= 15 is 0 Å². The van der Waals surface area contributed by atoms with Gasteiger partial charge in [-0.1, -0.05) is 30.3 Å². The Hall–Kier alpha value is -1.68. The first-order valence-corrected chi connectivity index (χ1v) is 8.26. The summed E-state index contributed by atoms with van der Waals surface area (Å²) in [6, 6.07) is 8.99. The summed E-state index contributed by atoms with van der Waals surface area (Å²) >= 11 is 0. The van der Waals surface area contributed by atoms with Gasteiger partial charge in [0.1, 0.15) is 0 Å². The molecule has 0 saturated carbocycles. The van der Waals surface area contributed by atoms with Crippen LogP contribution in [-0.4, -0.2) is 41.9 Å². The molecule has 2 fully saturated rings. The Kier molecular flexibility index (Phi) is 4.88. The van der Waals surface area contributed by atoms with Crippen LogP contribution in [0.15, 0.2) is 30.3 Å². The number of carbonyl (C=O) groups is 2. The number of carbonyl (C=O) groups excluding carboxylic acids is 2. The first kappa shape index (κ1) is 15.2. The normalized spacial score (nSPS) is 25.2. The minimum absolute atomic E-state index is 0.0364. The molecule has 2 unspecified atom stereocenters. The highest BCUT2D eigenvalue weighted by Crippen LogP contribution is 2.24. The lowest BCUT2D eigenvalue weighted by molar-refractivity contribution is -0.135. The van der Waals surface area contributed by atoms with Crippen LogP contribution in [0.25, 0.3) is 0 Å². The van der Waals surface area contributed by atoms with Gasteiger partial charge in [0.2, 0.25) is 5.91 Å². The van der Waals surface area contributed by atoms with Crippen LogP contribution in [-0.2, 0) is 9.53 Å². The van der Waals surface area contributed by atoms with E-state index in [1.807, 2.05) is 30.3 Å². The van der Waals surface area contributed by atoms with Crippen molar-refractivity contribution in [2.24, 2.45) is 0 Å². The molecule has 0 aliphatic carbocycles. The second kappa shape index (κ2) is 7.05. The summed E-state index contributed by atoms with van der Waals surface area (Å²) in [4.78, 5) is 27.0. The topological polar surface area (TPSA) is 46.6 Å². The number of ketones is 1. The monoisotopic (exact) mass is 301 g/mol. The average Bonchev–Trinajstić information content (AvgIpc) is 3.05. The maximum Gasteiger partial charge on any atom is 0.225 e. The van der Waals surface area contributed by atoms with Gasteiger partial charge in [0, 0.05) is 18.7 Å². The third-order valence-electron chi connectivity index (χ3n) is 4.61. The maximum absolute atomic E-state index is 12.6. The molecule has 2 heterocycles. The van der Waals surface area contributed by atoms with Gasteiger partial charge >= 0.3 is 0 Å². The molecule has 0 radical (unpaired) electrons. The van der Waals surface area contributed by atoms with Crippen LogP contribution < -0.4 is 0 Å². The van der Waals surface area contributed by atoms with Crippen LogP contribution in [0.2, 0.25) is 0 Å². The van der Waals surface area contributed by atoms with Crippen molar-refractivity contribution < 1.29 is 14.3 Å². The van der Waals surface area contributed by atoms with Crippen molar-refractivity contribution in [2.45, 2.75) is 50.7 Å². The lowest BCUT2D eigenvalue weighted by atomic mass is 10.0. The molecule has 0 N–H and O–H groups in total. The summed E-state index contributed by atoms with van der Waals surface area (Å²) in [6.45, 7) is 1.44. The Labute approximate surface area is 131 Å². The molecule has 1 aromatic carbocycles. The van der Waals surface area contributed by atoms with Gasteiger partial charge in [-0.25, -0.2) is 0 Å². The molecular weight excluding hydrogens is 278 g/mol. The van der Waals surface area contributed by atoms with Crippen LogP contribution in [0.3, 0.4) is 0 Å². The standard InChI is InChI=1S/C18H23NO3/c20-17(13-15-9-4-5-12-22-15)19-11-6-10-16(19)18(21)14-7-2-1-3-8-14/h1-3,7-8,15-16H,4-6,9-13H2. The van der Waals surface area contributed by atoms with E-state index in [9.17, 15) is 9.59 Å². The van der Waals surface area contributed by atoms with Crippen LogP contribution in [0.1, 0.15) is 48.9 Å². The number of benzene rings is 1. The Morgan fingerprint density at radius 1 is 1.09 bits per heavy atom. The highest BCUT2D eigenvalue weighted by Gasteiger charge is 2.35. The van der Waals surface area contributed by atoms with Crippen LogP contribution in [0.4, 0.5) is 0 Å². The first-order valence-electron chi connectivity index (χ1n) is 8.26. The summed E-state index contributed by atoms with van der Waals surface area (Å²) in [5.74, 6) is 0.134. The van der Waals surface area contributed by atoms with Crippen molar-refractivity contribution in [1.82, 2.24) is 4.90 Å². The van der Waals surface area contributed by atoms with Gasteiger partial charge in [0.25, 0.3) is 0 Å². The molecule has 4 heteroatoms. The molecule has 2 aliphatic heterocycles. The lowest BCUT2D eigenvalue weighted by Gasteiger charge is -2.27. The number of ether oxygens (including phenoxy) is 1. The zero-order chi connectivity index (χ0) is 15.4. The predicted molar refractivity (Wildman–Crippen MR) is 83.7 cm³/mol. The molecule has 0 aromatic heterocycles. The summed E-state index contributed by atoms with van der Waals surface area (Å²) in [6.07, 6.45) is 5.30. The molecule has 2 saturated heterocycles. The van der Waals surface area contributed by atoms with Gasteiger partial charge in [-0.2, -0.15) is 0 Å². The van der Waals surface area contributed by atoms with Crippen molar-refractivity contribution in [3.63, 3.8) is 0 Å². The molecule has 4 nitrogen and oxygen atoms in total. The fourth-order valence-electron chi connectivity index (χ4n) is 3.41. The number of rotatable bonds is 4. The largest absolute Gasteiger partial charge is 0.378 e. The second-order valence-electron chi connectivity index (χ2n) is 6.17. The van der Waals surface area contributed by atoms with Crippen molar-refractivity contribution in [1.29, 1.82) is 0 Å². The number of likely N-dealkylation sites (tertiary alicyclic amines) is 1. The van der Waals surface area contributed by atoms with E-state index in [1.165, 1.54) is 0 Å². The second-order valence-corrected chi connectivity index (χ2v) is 6.17. The Morgan fingerprint density at radius 2 is 1.91 bits per heavy atom. The molecule has 1 aromatic rings. The Balaban J connectivity index is 1.64. The molecular formula is C18H23NO3. The quantitative estimate of drug-likeness (QED) is 0.803. The van der Waals surface area contributed by atoms with Crippen molar-refractivity contribution in [3.05, 3.63) is 35.9 Å². The van der Waals surface area contributed by atoms with Crippen molar-refractivity contribution in [2.75, 3.05) is 13.2 Å². The number of nitrogens with zero attached hydrogens (tertiary/aromatic N) is 1. The van der Waals surface area contributed by atoms with E-state index < -0.39 is 0 Å². The fraction of sp³-hybridized carbons (Fsp3) is 0.556. The van der Waals surface area contributed by atoms with Crippen LogP contribution in [0, 0.1) is 0 Å². The average molecular weight is 301 g/mol. The lowest BCUT2D eigenvalue weighted by Crippen LogP contribution is -2.42. The minimum atomic E-state index is -0.293. The predicted octanol–water partition coefficient (Wildman–Crippen LogP) is 2.82. The van der Waals surface area contributed by atoms with E-state index in [-0.39, 0.29) is 23.8 Å². The number of hydrogen-bond acceptors (Lipinski definition) is 3. The molecule has 118 valence electrons. The van der Waals surface area contributed by atoms with Crippen LogP contribution >= 0.6 is 0 Å². The van der Waals surface area contributed by atoms with E-state index in [4.69, 9.17) is 4.74 Å². The summed E-state index contributed by atoms with van der Waals surface area (Å²) < 4.78 is 5.66. The molecule has 2 atom stereocenters. The fourth-order valence-corrected chi connectivity index (χ4v) is 3.41. The summed E-state index contributed by atoms with van der Waals surface area (Å²) in [5.41, 5.74) is 0.695. The Bertz CT molecular complexity index is 522. The maximum atomic E-state index is 12.6. The van der Waals surface area contributed by atoms with E-state index in [0.717, 1.165) is 38.7 Å². The number of amides is 1. The molecule has 3 rings (SSSR count). The van der Waals surface area contributed by atoms with Crippen LogP contribution in [0.5, 0.6) is 0 Å². The number of hydrogen-bond donors (Lipinski definition) is 0. The molecule has 2 aliphatic rings. The molecule has 0 bridgehead atoms. The smallest absolute Gasteiger partial charge is 0.225 e. The highest BCUT2D eigenvalue weighted by molar-refractivity contribution is 6.02. The van der Waals surface area contributed by atoms with E-state index in [2.05, 4.69) is 0 Å². The van der Waals surface area contributed by atoms with Crippen molar-refractivity contribution >= 4 is 11.7 Å². The summed E-state index contributed by atoms with van der Waals surface area (Å²) in [5, 5.41) is 0. The zero-order valence-corrected chi connectivity index (χ0v) is 12.9. The highest BCUT2D eigenvalue weighted by atomic mass is 16.5. The van der Waals surface area contributed by atoms with Gasteiger partial charge in [0.15, 0.2) is 5.78 Å². The van der Waals surface area contributed by atoms with E-state index in [0.29, 0.717) is 18.5 Å². The number of Topliss-reactive ketones (excluding diaryl/α,β-unsaturated/α-hetero) is 1. The van der Waals surface area contributed by atoms with E-state index in [1.54, 1.807) is 4.90 Å². The SMILES string of the molecule is O=C(c1ccccc1)C1CCCN1C(=O)CC1CCCCO1. The van der Waals surface area contributed by atoms with Gasteiger partial charge < -0.3 is 9.64 Å². The van der Waals surface area contributed by atoms with Gasteiger partial charge in [-0.05, 0) is 32.1 Å². The Morgan fingerprint density at radius 3 is 2.64 bits per heavy atom. The first-order chi connectivity index (χ1) is 10.8. The minimum Gasteiger partial charge on any atom is -0.378 e. The molecule has 22 heavy (non-hydrogen) atoms. The molecule has 1 amide bonds. The summed E-state index contributed by atoms with van der Waals surface area (Å²) in [7, 11) is 0. The van der Waals surface area contributed by atoms with Crippen molar-refractivity contribution in [3.8, 4) is 0 Å². The van der Waals surface area contributed by atoms with Gasteiger partial charge in [0.05, 0.1) is 18.6 Å². The third kappa shape index (κ3) is 3.38. The van der Waals surface area contributed by atoms with Gasteiger partial charge in [-0.3, -0.25) is 9.59 Å². The molecule has 0 spiro atoms. The third-order valence-corrected chi connectivity index (χ3v) is 4.61. The zero-order valence-electron chi connectivity index (χ0n) is 12.9. The van der Waals surface area contributed by atoms with Gasteiger partial charge in [-0.15, -0.1) is 0 Å².